The van der Waals surface area contributed by atoms with Gasteiger partial charge in [0.25, 0.3) is 0 Å². The zero-order valence-electron chi connectivity index (χ0n) is 11.1. The monoisotopic (exact) mass is 270 g/mol. The Hall–Kier alpha value is -1.87. The van der Waals surface area contributed by atoms with Crippen molar-refractivity contribution in [3.8, 4) is 0 Å². The number of hydrogen-bond donors (Lipinski definition) is 0. The SMILES string of the molecule is Cc1ccc2c(C)c(C(=O)c3ccc(C)s3)oc2c1. The third-order valence-corrected chi connectivity index (χ3v) is 4.26. The van der Waals surface area contributed by atoms with Crippen LogP contribution in [-0.4, -0.2) is 5.78 Å². The fourth-order valence-electron chi connectivity index (χ4n) is 2.22. The predicted molar refractivity (Wildman–Crippen MR) is 78.2 cm³/mol. The summed E-state index contributed by atoms with van der Waals surface area (Å²) >= 11 is 1.50. The van der Waals surface area contributed by atoms with Crippen LogP contribution < -0.4 is 0 Å². The molecule has 0 fully saturated rings. The lowest BCUT2D eigenvalue weighted by Gasteiger charge is -1.94. The van der Waals surface area contributed by atoms with Crippen molar-refractivity contribution in [1.82, 2.24) is 0 Å². The molecule has 3 aromatic rings. The molecule has 96 valence electrons. The quantitative estimate of drug-likeness (QED) is 0.634. The molecule has 0 amide bonds. The highest BCUT2D eigenvalue weighted by atomic mass is 32.1. The zero-order chi connectivity index (χ0) is 13.6. The molecule has 0 bridgehead atoms. The van der Waals surface area contributed by atoms with Gasteiger partial charge in [-0.1, -0.05) is 12.1 Å². The third kappa shape index (κ3) is 2.00. The minimum absolute atomic E-state index is 0.0237. The number of carbonyl (C=O) groups excluding carboxylic acids is 1. The van der Waals surface area contributed by atoms with E-state index in [9.17, 15) is 4.79 Å². The zero-order valence-corrected chi connectivity index (χ0v) is 11.9. The van der Waals surface area contributed by atoms with Gasteiger partial charge in [-0.25, -0.2) is 0 Å². The molecule has 0 radical (unpaired) electrons. The van der Waals surface area contributed by atoms with Gasteiger partial charge in [-0.05, 0) is 44.5 Å². The largest absolute Gasteiger partial charge is 0.452 e. The second-order valence-electron chi connectivity index (χ2n) is 4.80. The highest BCUT2D eigenvalue weighted by Crippen LogP contribution is 2.29. The summed E-state index contributed by atoms with van der Waals surface area (Å²) in [5, 5.41) is 1.02. The first-order valence-corrected chi connectivity index (χ1v) is 6.99. The summed E-state index contributed by atoms with van der Waals surface area (Å²) in [5.41, 5.74) is 2.84. The molecule has 0 spiro atoms. The lowest BCUT2D eigenvalue weighted by molar-refractivity contribution is 0.101. The van der Waals surface area contributed by atoms with Crippen molar-refractivity contribution in [3.63, 3.8) is 0 Å². The second kappa shape index (κ2) is 4.35. The first kappa shape index (κ1) is 12.2. The predicted octanol–water partition coefficient (Wildman–Crippen LogP) is 4.65. The van der Waals surface area contributed by atoms with E-state index in [0.29, 0.717) is 5.76 Å². The van der Waals surface area contributed by atoms with Gasteiger partial charge in [0.05, 0.1) is 4.88 Å². The molecule has 0 aliphatic rings. The Labute approximate surface area is 115 Å². The highest BCUT2D eigenvalue weighted by molar-refractivity contribution is 7.14. The number of ketones is 1. The van der Waals surface area contributed by atoms with E-state index in [1.54, 1.807) is 0 Å². The molecule has 2 heterocycles. The molecule has 3 heteroatoms. The molecule has 0 aliphatic heterocycles. The molecule has 0 atom stereocenters. The minimum atomic E-state index is -0.0237. The Morgan fingerprint density at radius 2 is 1.89 bits per heavy atom. The Morgan fingerprint density at radius 1 is 1.11 bits per heavy atom. The van der Waals surface area contributed by atoms with Crippen molar-refractivity contribution in [2.75, 3.05) is 0 Å². The average Bonchev–Trinajstić information content (AvgIpc) is 2.93. The molecular weight excluding hydrogens is 256 g/mol. The van der Waals surface area contributed by atoms with Crippen LogP contribution in [0, 0.1) is 20.8 Å². The summed E-state index contributed by atoms with van der Waals surface area (Å²) in [4.78, 5) is 14.3. The molecule has 2 nitrogen and oxygen atoms in total. The average molecular weight is 270 g/mol. The van der Waals surface area contributed by atoms with Gasteiger partial charge in [-0.2, -0.15) is 0 Å². The Morgan fingerprint density at radius 3 is 2.58 bits per heavy atom. The number of furan rings is 1. The molecule has 0 saturated carbocycles. The number of thiophene rings is 1. The van der Waals surface area contributed by atoms with Gasteiger partial charge in [0.15, 0.2) is 5.76 Å². The fourth-order valence-corrected chi connectivity index (χ4v) is 3.02. The molecule has 3 rings (SSSR count). The summed E-state index contributed by atoms with van der Waals surface area (Å²) in [6.45, 7) is 5.95. The molecule has 1 aromatic carbocycles. The van der Waals surface area contributed by atoms with Gasteiger partial charge in [0.2, 0.25) is 5.78 Å². The Balaban J connectivity index is 2.15. The van der Waals surface area contributed by atoms with Crippen molar-refractivity contribution in [2.24, 2.45) is 0 Å². The lowest BCUT2D eigenvalue weighted by Crippen LogP contribution is -1.98. The maximum absolute atomic E-state index is 12.5. The van der Waals surface area contributed by atoms with E-state index in [2.05, 4.69) is 0 Å². The molecule has 2 aromatic heterocycles. The number of carbonyl (C=O) groups is 1. The van der Waals surface area contributed by atoms with E-state index in [4.69, 9.17) is 4.42 Å². The van der Waals surface area contributed by atoms with Crippen LogP contribution in [0.3, 0.4) is 0 Å². The lowest BCUT2D eigenvalue weighted by atomic mass is 10.1. The van der Waals surface area contributed by atoms with E-state index in [-0.39, 0.29) is 5.78 Å². The molecule has 0 unspecified atom stereocenters. The van der Waals surface area contributed by atoms with Crippen LogP contribution >= 0.6 is 11.3 Å². The number of fused-ring (bicyclic) bond motifs is 1. The third-order valence-electron chi connectivity index (χ3n) is 3.26. The maximum atomic E-state index is 12.5. The van der Waals surface area contributed by atoms with E-state index in [1.807, 2.05) is 51.1 Å². The normalized spacial score (nSPS) is 11.1. The number of hydrogen-bond acceptors (Lipinski definition) is 3. The van der Waals surface area contributed by atoms with Gasteiger partial charge in [0.1, 0.15) is 5.58 Å². The van der Waals surface area contributed by atoms with Gasteiger partial charge in [-0.3, -0.25) is 4.79 Å². The summed E-state index contributed by atoms with van der Waals surface area (Å²) in [6.07, 6.45) is 0. The molecule has 0 N–H and O–H groups in total. The summed E-state index contributed by atoms with van der Waals surface area (Å²) in [7, 11) is 0. The van der Waals surface area contributed by atoms with E-state index in [0.717, 1.165) is 31.9 Å². The van der Waals surface area contributed by atoms with E-state index < -0.39 is 0 Å². The van der Waals surface area contributed by atoms with Gasteiger partial charge < -0.3 is 4.42 Å². The van der Waals surface area contributed by atoms with Crippen LogP contribution in [0.15, 0.2) is 34.7 Å². The van der Waals surface area contributed by atoms with Crippen molar-refractivity contribution in [2.45, 2.75) is 20.8 Å². The summed E-state index contributed by atoms with van der Waals surface area (Å²) in [6, 6.07) is 9.84. The van der Waals surface area contributed by atoms with Gasteiger partial charge >= 0.3 is 0 Å². The van der Waals surface area contributed by atoms with E-state index in [1.165, 1.54) is 11.3 Å². The standard InChI is InChI=1S/C16H14O2S/c1-9-4-6-12-11(3)16(18-13(12)8-9)15(17)14-7-5-10(2)19-14/h4-8H,1-3H3. The first-order valence-electron chi connectivity index (χ1n) is 6.17. The Bertz CT molecular complexity index is 777. The number of rotatable bonds is 2. The summed E-state index contributed by atoms with van der Waals surface area (Å²) < 4.78 is 5.76. The topological polar surface area (TPSA) is 30.2 Å². The van der Waals surface area contributed by atoms with Crippen LogP contribution in [0.1, 0.15) is 31.4 Å². The van der Waals surface area contributed by atoms with Crippen molar-refractivity contribution < 1.29 is 9.21 Å². The maximum Gasteiger partial charge on any atom is 0.238 e. The van der Waals surface area contributed by atoms with Crippen LogP contribution in [-0.2, 0) is 0 Å². The van der Waals surface area contributed by atoms with Crippen LogP contribution in [0.2, 0.25) is 0 Å². The van der Waals surface area contributed by atoms with Gasteiger partial charge in [-0.15, -0.1) is 11.3 Å². The van der Waals surface area contributed by atoms with Gasteiger partial charge in [0, 0.05) is 15.8 Å². The summed E-state index contributed by atoms with van der Waals surface area (Å²) in [5.74, 6) is 0.437. The molecular formula is C16H14O2S. The first-order chi connectivity index (χ1) is 9.06. The van der Waals surface area contributed by atoms with Crippen molar-refractivity contribution in [3.05, 3.63) is 57.0 Å². The molecule has 19 heavy (non-hydrogen) atoms. The van der Waals surface area contributed by atoms with Crippen molar-refractivity contribution in [1.29, 1.82) is 0 Å². The van der Waals surface area contributed by atoms with Crippen LogP contribution in [0.5, 0.6) is 0 Å². The molecule has 0 saturated heterocycles. The second-order valence-corrected chi connectivity index (χ2v) is 6.08. The molecule has 0 aliphatic carbocycles. The number of aryl methyl sites for hydroxylation is 3. The van der Waals surface area contributed by atoms with Crippen LogP contribution in [0.25, 0.3) is 11.0 Å². The Kier molecular flexibility index (Phi) is 2.79. The fraction of sp³-hybridized carbons (Fsp3) is 0.188. The minimum Gasteiger partial charge on any atom is -0.452 e. The van der Waals surface area contributed by atoms with Crippen LogP contribution in [0.4, 0.5) is 0 Å². The smallest absolute Gasteiger partial charge is 0.238 e. The van der Waals surface area contributed by atoms with Crippen molar-refractivity contribution >= 4 is 28.1 Å². The number of benzene rings is 1. The van der Waals surface area contributed by atoms with E-state index >= 15 is 0 Å². The highest BCUT2D eigenvalue weighted by Gasteiger charge is 2.20.